The quantitative estimate of drug-likeness (QED) is 0.573. The van der Waals surface area contributed by atoms with E-state index in [-0.39, 0.29) is 24.4 Å². The maximum absolute atomic E-state index is 13.9. The third kappa shape index (κ3) is 5.30. The van der Waals surface area contributed by atoms with Crippen molar-refractivity contribution in [3.63, 3.8) is 0 Å². The van der Waals surface area contributed by atoms with Crippen molar-refractivity contribution in [2.45, 2.75) is 51.5 Å². The number of piperidine rings is 1. The molecule has 36 heavy (non-hydrogen) atoms. The summed E-state index contributed by atoms with van der Waals surface area (Å²) in [6.45, 7) is 3.59. The van der Waals surface area contributed by atoms with Gasteiger partial charge in [0.25, 0.3) is 5.91 Å². The minimum atomic E-state index is -0.170. The van der Waals surface area contributed by atoms with Crippen LogP contribution in [0, 0.1) is 6.92 Å². The van der Waals surface area contributed by atoms with Crippen molar-refractivity contribution in [2.24, 2.45) is 0 Å². The normalized spacial score (nSPS) is 19.2. The lowest BCUT2D eigenvalue weighted by Gasteiger charge is -2.37. The molecule has 1 aromatic heterocycles. The van der Waals surface area contributed by atoms with Crippen LogP contribution in [0.5, 0.6) is 5.75 Å². The number of ether oxygens (including phenoxy) is 1. The molecule has 1 fully saturated rings. The first-order valence-corrected chi connectivity index (χ1v) is 13.0. The number of nitrogens with zero attached hydrogens (tertiary/aromatic N) is 3. The fourth-order valence-electron chi connectivity index (χ4n) is 5.36. The van der Waals surface area contributed by atoms with E-state index in [4.69, 9.17) is 4.74 Å². The van der Waals surface area contributed by atoms with Gasteiger partial charge in [0.2, 0.25) is 5.91 Å². The Labute approximate surface area is 212 Å². The summed E-state index contributed by atoms with van der Waals surface area (Å²) >= 11 is 0. The van der Waals surface area contributed by atoms with Crippen LogP contribution < -0.4 is 4.74 Å². The molecule has 1 N–H and O–H groups in total. The lowest BCUT2D eigenvalue weighted by atomic mass is 9.95. The van der Waals surface area contributed by atoms with Crippen molar-refractivity contribution in [1.82, 2.24) is 20.0 Å². The number of amides is 2. The molecule has 2 aromatic carbocycles. The van der Waals surface area contributed by atoms with Crippen molar-refractivity contribution in [3.8, 4) is 17.0 Å². The monoisotopic (exact) mass is 486 g/mol. The first kappa shape index (κ1) is 24.1. The molecule has 2 amide bonds. The summed E-state index contributed by atoms with van der Waals surface area (Å²) in [5, 5.41) is 7.42. The zero-order valence-electron chi connectivity index (χ0n) is 20.9. The van der Waals surface area contributed by atoms with Crippen molar-refractivity contribution in [3.05, 3.63) is 71.4 Å². The molecular formula is C29H34N4O3. The Morgan fingerprint density at radius 2 is 1.89 bits per heavy atom. The van der Waals surface area contributed by atoms with E-state index in [2.05, 4.69) is 22.3 Å². The lowest BCUT2D eigenvalue weighted by Crippen LogP contribution is -2.49. The summed E-state index contributed by atoms with van der Waals surface area (Å²) in [5.41, 5.74) is 3.96. The van der Waals surface area contributed by atoms with Gasteiger partial charge in [0.15, 0.2) is 0 Å². The van der Waals surface area contributed by atoms with E-state index in [9.17, 15) is 9.59 Å². The summed E-state index contributed by atoms with van der Waals surface area (Å²) in [7, 11) is 0. The number of hydrogen-bond acceptors (Lipinski definition) is 4. The second-order valence-corrected chi connectivity index (χ2v) is 9.79. The van der Waals surface area contributed by atoms with Crippen LogP contribution in [0.4, 0.5) is 0 Å². The topological polar surface area (TPSA) is 78.5 Å². The lowest BCUT2D eigenvalue weighted by molar-refractivity contribution is -0.135. The maximum atomic E-state index is 13.9. The molecule has 0 saturated carbocycles. The highest BCUT2D eigenvalue weighted by molar-refractivity contribution is 6.02. The molecule has 188 valence electrons. The Hall–Kier alpha value is -3.61. The fourth-order valence-corrected chi connectivity index (χ4v) is 5.36. The minimum Gasteiger partial charge on any atom is -0.494 e. The van der Waals surface area contributed by atoms with Crippen LogP contribution in [0.25, 0.3) is 11.3 Å². The molecule has 7 nitrogen and oxygen atoms in total. The molecule has 2 aliphatic rings. The third-order valence-electron chi connectivity index (χ3n) is 7.27. The number of H-pyrrole nitrogens is 1. The minimum absolute atomic E-state index is 0.0298. The molecule has 2 bridgehead atoms. The van der Waals surface area contributed by atoms with E-state index < -0.39 is 0 Å². The number of rotatable bonds is 2. The number of nitrogens with one attached hydrogen (secondary N) is 1. The van der Waals surface area contributed by atoms with Gasteiger partial charge in [-0.15, -0.1) is 0 Å². The van der Waals surface area contributed by atoms with Gasteiger partial charge in [0.1, 0.15) is 18.0 Å². The molecule has 5 rings (SSSR count). The smallest absolute Gasteiger partial charge is 0.258 e. The number of hydrogen-bond donors (Lipinski definition) is 1. The van der Waals surface area contributed by atoms with Gasteiger partial charge >= 0.3 is 0 Å². The van der Waals surface area contributed by atoms with E-state index in [1.807, 2.05) is 54.3 Å². The molecule has 0 spiro atoms. The summed E-state index contributed by atoms with van der Waals surface area (Å²) in [4.78, 5) is 31.2. The Balaban J connectivity index is 1.43. The van der Waals surface area contributed by atoms with Gasteiger partial charge in [0.05, 0.1) is 12.2 Å². The van der Waals surface area contributed by atoms with E-state index in [0.29, 0.717) is 36.5 Å². The Morgan fingerprint density at radius 1 is 1.03 bits per heavy atom. The number of carbonyl (C=O) groups excluding carboxylic acids is 2. The highest BCUT2D eigenvalue weighted by Crippen LogP contribution is 2.27. The summed E-state index contributed by atoms with van der Waals surface area (Å²) < 4.78 is 6.01. The zero-order valence-corrected chi connectivity index (χ0v) is 20.9. The largest absolute Gasteiger partial charge is 0.494 e. The van der Waals surface area contributed by atoms with Crippen molar-refractivity contribution in [1.29, 1.82) is 0 Å². The second kappa shape index (κ2) is 11.0. The van der Waals surface area contributed by atoms with Gasteiger partial charge in [-0.05, 0) is 63.1 Å². The second-order valence-electron chi connectivity index (χ2n) is 9.79. The summed E-state index contributed by atoms with van der Waals surface area (Å²) in [6, 6.07) is 18.1. The maximum Gasteiger partial charge on any atom is 0.258 e. The van der Waals surface area contributed by atoms with Gasteiger partial charge in [-0.2, -0.15) is 5.10 Å². The van der Waals surface area contributed by atoms with Crippen molar-refractivity contribution >= 4 is 11.8 Å². The molecule has 3 aromatic rings. The van der Waals surface area contributed by atoms with Crippen LogP contribution in [0.2, 0.25) is 0 Å². The highest BCUT2D eigenvalue weighted by atomic mass is 16.5. The highest BCUT2D eigenvalue weighted by Gasteiger charge is 2.31. The Morgan fingerprint density at radius 3 is 2.75 bits per heavy atom. The Kier molecular flexibility index (Phi) is 7.35. The fraction of sp³-hybridized carbons (Fsp3) is 0.414. The predicted octanol–water partition coefficient (Wildman–Crippen LogP) is 4.62. The van der Waals surface area contributed by atoms with Gasteiger partial charge in [-0.25, -0.2) is 0 Å². The summed E-state index contributed by atoms with van der Waals surface area (Å²) in [5.74, 6) is 0.717. The average molecular weight is 487 g/mol. The number of carbonyl (C=O) groups is 2. The van der Waals surface area contributed by atoms with E-state index >= 15 is 0 Å². The molecule has 1 saturated heterocycles. The van der Waals surface area contributed by atoms with Crippen molar-refractivity contribution < 1.29 is 14.3 Å². The molecule has 1 atom stereocenters. The van der Waals surface area contributed by atoms with E-state index in [1.165, 1.54) is 5.56 Å². The van der Waals surface area contributed by atoms with Gasteiger partial charge in [-0.1, -0.05) is 42.5 Å². The first-order chi connectivity index (χ1) is 17.6. The van der Waals surface area contributed by atoms with E-state index in [0.717, 1.165) is 50.0 Å². The van der Waals surface area contributed by atoms with E-state index in [1.54, 1.807) is 4.90 Å². The number of aromatic amines is 1. The SMILES string of the molecule is Cc1[nH]nc(-c2ccccc2)c1C(=O)N1CCCOc2cccc(c2)CCC2CCCCN2C(=O)C1. The zero-order chi connectivity index (χ0) is 24.9. The number of benzene rings is 2. The van der Waals surface area contributed by atoms with Crippen LogP contribution >= 0.6 is 0 Å². The summed E-state index contributed by atoms with van der Waals surface area (Å²) in [6.07, 6.45) is 5.61. The molecule has 0 radical (unpaired) electrons. The van der Waals surface area contributed by atoms with Gasteiger partial charge < -0.3 is 14.5 Å². The van der Waals surface area contributed by atoms with Gasteiger partial charge in [0, 0.05) is 30.4 Å². The van der Waals surface area contributed by atoms with Crippen LogP contribution in [0.1, 0.15) is 53.7 Å². The average Bonchev–Trinajstić information content (AvgIpc) is 3.30. The first-order valence-electron chi connectivity index (χ1n) is 13.0. The molecule has 7 heteroatoms. The molecule has 1 unspecified atom stereocenters. The molecule has 3 heterocycles. The number of fused-ring (bicyclic) bond motifs is 3. The molecule has 0 aliphatic carbocycles. The number of aromatic nitrogens is 2. The van der Waals surface area contributed by atoms with Crippen molar-refractivity contribution in [2.75, 3.05) is 26.2 Å². The standard InChI is InChI=1S/C29H34N4O3/c1-21-27(28(31-30-21)23-10-3-2-4-11-23)29(35)32-16-8-18-36-25-13-7-9-22(19-25)14-15-24-12-5-6-17-33(24)26(34)20-32/h2-4,7,9-11,13,19,24H,5-6,8,12,14-18,20H2,1H3,(H,30,31). The third-order valence-corrected chi connectivity index (χ3v) is 7.27. The van der Waals surface area contributed by atoms with Crippen LogP contribution in [0.3, 0.4) is 0 Å². The number of aryl methyl sites for hydroxylation is 2. The predicted molar refractivity (Wildman–Crippen MR) is 139 cm³/mol. The van der Waals surface area contributed by atoms with Gasteiger partial charge in [-0.3, -0.25) is 14.7 Å². The van der Waals surface area contributed by atoms with Crippen LogP contribution in [0.15, 0.2) is 54.6 Å². The van der Waals surface area contributed by atoms with Crippen LogP contribution in [-0.4, -0.2) is 64.1 Å². The molecule has 2 aliphatic heterocycles. The molecular weight excluding hydrogens is 452 g/mol. The van der Waals surface area contributed by atoms with Crippen LogP contribution in [-0.2, 0) is 11.2 Å². The Bertz CT molecular complexity index is 1210.